The molecule has 0 aliphatic heterocycles. The molecule has 0 heterocycles. The Kier molecular flexibility index (Phi) is 5.46. The topological polar surface area (TPSA) is 36.4 Å². The highest BCUT2D eigenvalue weighted by Gasteiger charge is 1.96. The van der Waals surface area contributed by atoms with Crippen molar-refractivity contribution >= 4 is 23.5 Å². The van der Waals surface area contributed by atoms with Gasteiger partial charge in [0.15, 0.2) is 5.11 Å². The van der Waals surface area contributed by atoms with Crippen molar-refractivity contribution in [2.75, 3.05) is 0 Å². The van der Waals surface area contributed by atoms with Crippen molar-refractivity contribution < 1.29 is 0 Å². The summed E-state index contributed by atoms with van der Waals surface area (Å²) in [4.78, 5) is 0. The molecule has 0 atom stereocenters. The van der Waals surface area contributed by atoms with E-state index in [2.05, 4.69) is 60.0 Å². The summed E-state index contributed by atoms with van der Waals surface area (Å²) in [5, 5.41) is 7.79. The molecule has 0 aliphatic carbocycles. The quantitative estimate of drug-likeness (QED) is 0.516. The summed E-state index contributed by atoms with van der Waals surface area (Å²) in [5.74, 6) is 0. The van der Waals surface area contributed by atoms with Crippen molar-refractivity contribution in [3.63, 3.8) is 0 Å². The first-order chi connectivity index (χ1) is 10.1. The summed E-state index contributed by atoms with van der Waals surface area (Å²) in [5.41, 5.74) is 7.54. The molecule has 0 saturated carbocycles. The van der Waals surface area contributed by atoms with Gasteiger partial charge in [0.05, 0.1) is 6.21 Å². The van der Waals surface area contributed by atoms with Crippen molar-refractivity contribution in [2.45, 2.75) is 20.4 Å². The molecule has 4 heteroatoms. The maximum atomic E-state index is 5.19. The van der Waals surface area contributed by atoms with Crippen LogP contribution in [-0.4, -0.2) is 11.3 Å². The maximum Gasteiger partial charge on any atom is 0.187 e. The molecule has 21 heavy (non-hydrogen) atoms. The molecule has 0 spiro atoms. The zero-order valence-electron chi connectivity index (χ0n) is 12.3. The smallest absolute Gasteiger partial charge is 0.187 e. The molecule has 0 amide bonds. The van der Waals surface area contributed by atoms with Crippen molar-refractivity contribution in [3.05, 3.63) is 70.8 Å². The zero-order chi connectivity index (χ0) is 15.1. The van der Waals surface area contributed by atoms with Crippen LogP contribution in [0.3, 0.4) is 0 Å². The zero-order valence-corrected chi connectivity index (χ0v) is 13.1. The molecule has 3 nitrogen and oxygen atoms in total. The third-order valence-electron chi connectivity index (χ3n) is 3.09. The van der Waals surface area contributed by atoms with Gasteiger partial charge in [-0.1, -0.05) is 54.1 Å². The first kappa shape index (κ1) is 15.2. The normalized spacial score (nSPS) is 10.6. The summed E-state index contributed by atoms with van der Waals surface area (Å²) in [6.45, 7) is 4.83. The third kappa shape index (κ3) is 5.00. The predicted molar refractivity (Wildman–Crippen MR) is 92.5 cm³/mol. The molecule has 0 saturated heterocycles. The second-order valence-corrected chi connectivity index (χ2v) is 5.31. The SMILES string of the molecule is Cc1ccc(/C=N/NC(=S)NCc2ccccc2)c(C)c1. The molecule has 0 aromatic heterocycles. The van der Waals surface area contributed by atoms with Gasteiger partial charge in [-0.2, -0.15) is 5.10 Å². The number of hydrogen-bond donors (Lipinski definition) is 2. The fraction of sp³-hybridized carbons (Fsp3) is 0.176. The predicted octanol–water partition coefficient (Wildman–Crippen LogP) is 3.30. The molecule has 2 aromatic rings. The van der Waals surface area contributed by atoms with Crippen LogP contribution >= 0.6 is 12.2 Å². The van der Waals surface area contributed by atoms with Crippen LogP contribution in [0.1, 0.15) is 22.3 Å². The van der Waals surface area contributed by atoms with Gasteiger partial charge in [-0.05, 0) is 42.8 Å². The fourth-order valence-electron chi connectivity index (χ4n) is 1.95. The highest BCUT2D eigenvalue weighted by molar-refractivity contribution is 7.80. The summed E-state index contributed by atoms with van der Waals surface area (Å²) in [6.07, 6.45) is 1.78. The Hall–Kier alpha value is -2.20. The molecule has 0 unspecified atom stereocenters. The maximum absolute atomic E-state index is 5.19. The molecule has 2 N–H and O–H groups in total. The fourth-order valence-corrected chi connectivity index (χ4v) is 2.07. The number of aryl methyl sites for hydroxylation is 2. The average molecular weight is 297 g/mol. The van der Waals surface area contributed by atoms with Gasteiger partial charge in [0.25, 0.3) is 0 Å². The van der Waals surface area contributed by atoms with Gasteiger partial charge in [-0.3, -0.25) is 5.43 Å². The van der Waals surface area contributed by atoms with Crippen LogP contribution in [0, 0.1) is 13.8 Å². The number of nitrogens with zero attached hydrogens (tertiary/aromatic N) is 1. The highest BCUT2D eigenvalue weighted by atomic mass is 32.1. The monoisotopic (exact) mass is 297 g/mol. The lowest BCUT2D eigenvalue weighted by atomic mass is 10.1. The highest BCUT2D eigenvalue weighted by Crippen LogP contribution is 2.07. The lowest BCUT2D eigenvalue weighted by Gasteiger charge is -2.07. The Balaban J connectivity index is 1.82. The first-order valence-electron chi connectivity index (χ1n) is 6.83. The lowest BCUT2D eigenvalue weighted by Crippen LogP contribution is -2.31. The third-order valence-corrected chi connectivity index (χ3v) is 3.33. The molecule has 2 aromatic carbocycles. The van der Waals surface area contributed by atoms with Crippen LogP contribution in [0.2, 0.25) is 0 Å². The van der Waals surface area contributed by atoms with Crippen molar-refractivity contribution in [1.82, 2.24) is 10.7 Å². The summed E-state index contributed by atoms with van der Waals surface area (Å²) >= 11 is 5.19. The van der Waals surface area contributed by atoms with Crippen molar-refractivity contribution in [2.24, 2.45) is 5.10 Å². The van der Waals surface area contributed by atoms with Crippen LogP contribution in [0.5, 0.6) is 0 Å². The molecule has 108 valence electrons. The van der Waals surface area contributed by atoms with Crippen molar-refractivity contribution in [1.29, 1.82) is 0 Å². The van der Waals surface area contributed by atoms with E-state index in [1.807, 2.05) is 18.2 Å². The minimum Gasteiger partial charge on any atom is -0.357 e. The van der Waals surface area contributed by atoms with Crippen LogP contribution in [0.15, 0.2) is 53.6 Å². The molecule has 2 rings (SSSR count). The van der Waals surface area contributed by atoms with Crippen LogP contribution in [0.4, 0.5) is 0 Å². The van der Waals surface area contributed by atoms with Crippen molar-refractivity contribution in [3.8, 4) is 0 Å². The van der Waals surface area contributed by atoms with E-state index in [1.54, 1.807) is 6.21 Å². The number of nitrogens with one attached hydrogen (secondary N) is 2. The molecule has 0 radical (unpaired) electrons. The molecular weight excluding hydrogens is 278 g/mol. The number of hydrogen-bond acceptors (Lipinski definition) is 2. The Morgan fingerprint density at radius 3 is 2.62 bits per heavy atom. The van der Waals surface area contributed by atoms with E-state index < -0.39 is 0 Å². The molecule has 0 bridgehead atoms. The number of benzene rings is 2. The van der Waals surface area contributed by atoms with Crippen LogP contribution < -0.4 is 10.7 Å². The van der Waals surface area contributed by atoms with E-state index in [1.165, 1.54) is 16.7 Å². The standard InChI is InChI=1S/C17H19N3S/c1-13-8-9-16(14(2)10-13)12-19-20-17(21)18-11-15-6-4-3-5-7-15/h3-10,12H,11H2,1-2H3,(H2,18,20,21)/b19-12+. The summed E-state index contributed by atoms with van der Waals surface area (Å²) < 4.78 is 0. The number of hydrazone groups is 1. The second-order valence-electron chi connectivity index (χ2n) is 4.90. The Bertz CT molecular complexity index is 636. The van der Waals surface area contributed by atoms with Crippen LogP contribution in [0.25, 0.3) is 0 Å². The van der Waals surface area contributed by atoms with Gasteiger partial charge in [-0.25, -0.2) is 0 Å². The Morgan fingerprint density at radius 2 is 1.90 bits per heavy atom. The van der Waals surface area contributed by atoms with Gasteiger partial charge in [0.1, 0.15) is 0 Å². The largest absolute Gasteiger partial charge is 0.357 e. The van der Waals surface area contributed by atoms with E-state index in [4.69, 9.17) is 12.2 Å². The summed E-state index contributed by atoms with van der Waals surface area (Å²) in [7, 11) is 0. The number of thiocarbonyl (C=S) groups is 1. The van der Waals surface area contributed by atoms with Gasteiger partial charge in [0, 0.05) is 6.54 Å². The van der Waals surface area contributed by atoms with Gasteiger partial charge in [-0.15, -0.1) is 0 Å². The first-order valence-corrected chi connectivity index (χ1v) is 7.24. The van der Waals surface area contributed by atoms with E-state index in [9.17, 15) is 0 Å². The van der Waals surface area contributed by atoms with Gasteiger partial charge >= 0.3 is 0 Å². The van der Waals surface area contributed by atoms with Gasteiger partial charge in [0.2, 0.25) is 0 Å². The minimum atomic E-state index is 0.514. The number of rotatable bonds is 4. The second kappa shape index (κ2) is 7.55. The average Bonchev–Trinajstić information content (AvgIpc) is 2.48. The summed E-state index contributed by atoms with van der Waals surface area (Å²) in [6, 6.07) is 16.4. The lowest BCUT2D eigenvalue weighted by molar-refractivity contribution is 0.869. The van der Waals surface area contributed by atoms with E-state index >= 15 is 0 Å². The molecular formula is C17H19N3S. The van der Waals surface area contributed by atoms with Crippen LogP contribution in [-0.2, 0) is 6.54 Å². The molecule has 0 fully saturated rings. The Morgan fingerprint density at radius 1 is 1.14 bits per heavy atom. The van der Waals surface area contributed by atoms with E-state index in [-0.39, 0.29) is 0 Å². The van der Waals surface area contributed by atoms with E-state index in [0.717, 1.165) is 5.56 Å². The van der Waals surface area contributed by atoms with Gasteiger partial charge < -0.3 is 5.32 Å². The molecule has 0 aliphatic rings. The Labute approximate surface area is 131 Å². The van der Waals surface area contributed by atoms with E-state index in [0.29, 0.717) is 11.7 Å². The minimum absolute atomic E-state index is 0.514.